The zero-order valence-electron chi connectivity index (χ0n) is 15.1. The van der Waals surface area contributed by atoms with E-state index in [4.69, 9.17) is 9.15 Å². The molecule has 1 saturated carbocycles. The fourth-order valence-corrected chi connectivity index (χ4v) is 3.68. The number of rotatable bonds is 4. The van der Waals surface area contributed by atoms with Gasteiger partial charge >= 0.3 is 0 Å². The standard InChI is InChI=1S/C19H21N5O3/c1-23-13-3-2-4-14(24-7-9-26-10-8-24)15(13)18(22-23)21-19(25)16-17(12-5-6-12)27-11-20-16/h2-4,11-12H,5-10H2,1H3,(H,21,22,25). The van der Waals surface area contributed by atoms with Crippen LogP contribution in [-0.4, -0.2) is 47.0 Å². The van der Waals surface area contributed by atoms with E-state index in [2.05, 4.69) is 26.4 Å². The molecule has 27 heavy (non-hydrogen) atoms. The smallest absolute Gasteiger partial charge is 0.279 e. The molecule has 140 valence electrons. The lowest BCUT2D eigenvalue weighted by Crippen LogP contribution is -2.36. The van der Waals surface area contributed by atoms with Crippen LogP contribution in [0.15, 0.2) is 29.0 Å². The number of aromatic nitrogens is 3. The second kappa shape index (κ2) is 6.38. The van der Waals surface area contributed by atoms with Crippen LogP contribution in [0.4, 0.5) is 11.5 Å². The number of nitrogens with zero attached hydrogens (tertiary/aromatic N) is 4. The highest BCUT2D eigenvalue weighted by Crippen LogP contribution is 2.41. The maximum Gasteiger partial charge on any atom is 0.279 e. The first-order chi connectivity index (χ1) is 13.2. The molecule has 3 aromatic rings. The number of carbonyl (C=O) groups is 1. The van der Waals surface area contributed by atoms with Crippen molar-refractivity contribution in [3.05, 3.63) is 36.0 Å². The van der Waals surface area contributed by atoms with Gasteiger partial charge < -0.3 is 19.4 Å². The van der Waals surface area contributed by atoms with Gasteiger partial charge in [0.05, 0.1) is 29.8 Å². The largest absolute Gasteiger partial charge is 0.447 e. The van der Waals surface area contributed by atoms with Crippen molar-refractivity contribution in [2.45, 2.75) is 18.8 Å². The number of oxazole rings is 1. The highest BCUT2D eigenvalue weighted by Gasteiger charge is 2.33. The number of hydrogen-bond acceptors (Lipinski definition) is 6. The van der Waals surface area contributed by atoms with Gasteiger partial charge in [0.25, 0.3) is 5.91 Å². The summed E-state index contributed by atoms with van der Waals surface area (Å²) < 4.78 is 12.7. The number of morpholine rings is 1. The molecular weight excluding hydrogens is 346 g/mol. The van der Waals surface area contributed by atoms with Gasteiger partial charge in [0.15, 0.2) is 17.9 Å². The first kappa shape index (κ1) is 16.3. The molecule has 0 spiro atoms. The van der Waals surface area contributed by atoms with Crippen molar-refractivity contribution >= 4 is 28.3 Å². The Morgan fingerprint density at radius 2 is 2.07 bits per heavy atom. The third-order valence-electron chi connectivity index (χ3n) is 5.20. The van der Waals surface area contributed by atoms with Crippen LogP contribution < -0.4 is 10.2 Å². The van der Waals surface area contributed by atoms with Gasteiger partial charge in [-0.25, -0.2) is 4.98 Å². The van der Waals surface area contributed by atoms with Gasteiger partial charge in [0.2, 0.25) is 0 Å². The van der Waals surface area contributed by atoms with E-state index in [9.17, 15) is 4.79 Å². The molecule has 8 nitrogen and oxygen atoms in total. The van der Waals surface area contributed by atoms with Crippen LogP contribution in [-0.2, 0) is 11.8 Å². The summed E-state index contributed by atoms with van der Waals surface area (Å²) in [4.78, 5) is 19.3. The number of nitrogens with one attached hydrogen (secondary N) is 1. The van der Waals surface area contributed by atoms with E-state index in [1.165, 1.54) is 6.39 Å². The Balaban J connectivity index is 1.52. The number of hydrogen-bond donors (Lipinski definition) is 1. The van der Waals surface area contributed by atoms with Crippen molar-refractivity contribution in [3.63, 3.8) is 0 Å². The Morgan fingerprint density at radius 3 is 2.85 bits per heavy atom. The zero-order valence-corrected chi connectivity index (χ0v) is 15.1. The molecule has 0 bridgehead atoms. The van der Waals surface area contributed by atoms with Gasteiger partial charge in [-0.3, -0.25) is 9.48 Å². The Morgan fingerprint density at radius 1 is 1.26 bits per heavy atom. The van der Waals surface area contributed by atoms with Crippen LogP contribution in [0.2, 0.25) is 0 Å². The molecule has 3 heterocycles. The molecule has 1 aliphatic heterocycles. The van der Waals surface area contributed by atoms with E-state index in [0.717, 1.165) is 42.5 Å². The predicted octanol–water partition coefficient (Wildman–Crippen LogP) is 2.53. The van der Waals surface area contributed by atoms with Gasteiger partial charge in [-0.05, 0) is 25.0 Å². The maximum atomic E-state index is 12.9. The minimum absolute atomic E-state index is 0.276. The summed E-state index contributed by atoms with van der Waals surface area (Å²) in [5.41, 5.74) is 2.39. The topological polar surface area (TPSA) is 85.4 Å². The van der Waals surface area contributed by atoms with Crippen LogP contribution in [0.5, 0.6) is 0 Å². The molecule has 1 aromatic carbocycles. The van der Waals surface area contributed by atoms with Crippen LogP contribution in [0, 0.1) is 0 Å². The monoisotopic (exact) mass is 367 g/mol. The molecule has 1 aliphatic carbocycles. The second-order valence-corrected chi connectivity index (χ2v) is 7.04. The molecule has 0 radical (unpaired) electrons. The summed E-state index contributed by atoms with van der Waals surface area (Å²) in [6.45, 7) is 3.02. The highest BCUT2D eigenvalue weighted by atomic mass is 16.5. The fraction of sp³-hybridized carbons (Fsp3) is 0.421. The summed E-state index contributed by atoms with van der Waals surface area (Å²) in [5.74, 6) is 1.27. The first-order valence-corrected chi connectivity index (χ1v) is 9.25. The van der Waals surface area contributed by atoms with Crippen molar-refractivity contribution in [3.8, 4) is 0 Å². The maximum absolute atomic E-state index is 12.9. The van der Waals surface area contributed by atoms with Gasteiger partial charge in [0, 0.05) is 26.1 Å². The average Bonchev–Trinajstić information content (AvgIpc) is 3.34. The summed E-state index contributed by atoms with van der Waals surface area (Å²) in [6.07, 6.45) is 3.44. The van der Waals surface area contributed by atoms with Crippen LogP contribution in [0.25, 0.3) is 10.9 Å². The molecule has 5 rings (SSSR count). The summed E-state index contributed by atoms with van der Waals surface area (Å²) in [5, 5.41) is 8.45. The lowest BCUT2D eigenvalue weighted by molar-refractivity contribution is 0.102. The van der Waals surface area contributed by atoms with Gasteiger partial charge in [-0.1, -0.05) is 6.07 Å². The fourth-order valence-electron chi connectivity index (χ4n) is 3.68. The molecule has 2 aromatic heterocycles. The average molecular weight is 367 g/mol. The van der Waals surface area contributed by atoms with E-state index < -0.39 is 0 Å². The number of aryl methyl sites for hydroxylation is 1. The van der Waals surface area contributed by atoms with Crippen molar-refractivity contribution in [1.82, 2.24) is 14.8 Å². The second-order valence-electron chi connectivity index (χ2n) is 7.04. The Bertz CT molecular complexity index is 998. The van der Waals surface area contributed by atoms with Gasteiger partial charge in [-0.15, -0.1) is 0 Å². The molecule has 8 heteroatoms. The van der Waals surface area contributed by atoms with Gasteiger partial charge in [0.1, 0.15) is 5.76 Å². The van der Waals surface area contributed by atoms with E-state index in [1.54, 1.807) is 4.68 Å². The molecule has 1 amide bonds. The third kappa shape index (κ3) is 2.86. The molecule has 0 unspecified atom stereocenters. The van der Waals surface area contributed by atoms with Crippen molar-refractivity contribution < 1.29 is 13.9 Å². The molecule has 0 atom stereocenters. The highest BCUT2D eigenvalue weighted by molar-refractivity contribution is 6.10. The lowest BCUT2D eigenvalue weighted by Gasteiger charge is -2.29. The van der Waals surface area contributed by atoms with Crippen LogP contribution in [0.1, 0.15) is 35.0 Å². The lowest BCUT2D eigenvalue weighted by atomic mass is 10.1. The van der Waals surface area contributed by atoms with Crippen molar-refractivity contribution in [1.29, 1.82) is 0 Å². The minimum Gasteiger partial charge on any atom is -0.447 e. The van der Waals surface area contributed by atoms with E-state index in [-0.39, 0.29) is 5.91 Å². The van der Waals surface area contributed by atoms with E-state index in [0.29, 0.717) is 36.4 Å². The Labute approximate surface area is 156 Å². The molecular formula is C19H21N5O3. The van der Waals surface area contributed by atoms with Crippen LogP contribution >= 0.6 is 0 Å². The number of amides is 1. The van der Waals surface area contributed by atoms with E-state index >= 15 is 0 Å². The Hall–Kier alpha value is -2.87. The van der Waals surface area contributed by atoms with Crippen molar-refractivity contribution in [2.75, 3.05) is 36.5 Å². The summed E-state index contributed by atoms with van der Waals surface area (Å²) in [7, 11) is 1.88. The molecule has 1 N–H and O–H groups in total. The molecule has 2 fully saturated rings. The number of ether oxygens (including phenoxy) is 1. The quantitative estimate of drug-likeness (QED) is 0.763. The molecule has 1 saturated heterocycles. The third-order valence-corrected chi connectivity index (χ3v) is 5.20. The Kier molecular flexibility index (Phi) is 3.86. The normalized spacial score (nSPS) is 17.4. The van der Waals surface area contributed by atoms with Crippen LogP contribution in [0.3, 0.4) is 0 Å². The minimum atomic E-state index is -0.276. The number of carbonyl (C=O) groups excluding carboxylic acids is 1. The first-order valence-electron chi connectivity index (χ1n) is 9.25. The number of anilines is 2. The SMILES string of the molecule is Cn1nc(NC(=O)c2ncoc2C2CC2)c2c(N3CCOCC3)cccc21. The molecule has 2 aliphatic rings. The van der Waals surface area contributed by atoms with E-state index in [1.807, 2.05) is 19.2 Å². The van der Waals surface area contributed by atoms with Gasteiger partial charge in [-0.2, -0.15) is 5.10 Å². The number of benzene rings is 1. The summed E-state index contributed by atoms with van der Waals surface area (Å²) >= 11 is 0. The summed E-state index contributed by atoms with van der Waals surface area (Å²) in [6, 6.07) is 6.09. The van der Waals surface area contributed by atoms with Crippen molar-refractivity contribution in [2.24, 2.45) is 7.05 Å². The number of fused-ring (bicyclic) bond motifs is 1. The zero-order chi connectivity index (χ0) is 18.4. The predicted molar refractivity (Wildman–Crippen MR) is 100 cm³/mol.